The van der Waals surface area contributed by atoms with Gasteiger partial charge in [-0.1, -0.05) is 84.9 Å². The van der Waals surface area contributed by atoms with E-state index in [9.17, 15) is 14.4 Å². The van der Waals surface area contributed by atoms with Crippen molar-refractivity contribution in [2.75, 3.05) is 13.6 Å². The van der Waals surface area contributed by atoms with Gasteiger partial charge in [-0.3, -0.25) is 14.4 Å². The third kappa shape index (κ3) is 4.74. The van der Waals surface area contributed by atoms with Gasteiger partial charge in [0, 0.05) is 47.6 Å². The molecule has 0 radical (unpaired) electrons. The molecule has 4 rings (SSSR count). The molecule has 0 aliphatic carbocycles. The summed E-state index contributed by atoms with van der Waals surface area (Å²) < 4.78 is 0. The van der Waals surface area contributed by atoms with E-state index in [0.29, 0.717) is 22.3 Å². The molecule has 0 unspecified atom stereocenters. The van der Waals surface area contributed by atoms with Crippen molar-refractivity contribution in [1.82, 2.24) is 10.2 Å². The van der Waals surface area contributed by atoms with Gasteiger partial charge in [0.1, 0.15) is 6.54 Å². The number of amides is 1. The van der Waals surface area contributed by atoms with Crippen LogP contribution in [-0.4, -0.2) is 36.0 Å². The highest BCUT2D eigenvalue weighted by Crippen LogP contribution is 2.40. The number of carbonyl (C=O) groups is 3. The maximum absolute atomic E-state index is 13.8. The molecule has 3 aromatic rings. The van der Waals surface area contributed by atoms with E-state index < -0.39 is 5.92 Å². The lowest BCUT2D eigenvalue weighted by Crippen LogP contribution is -2.34. The monoisotopic (exact) mass is 450 g/mol. The summed E-state index contributed by atoms with van der Waals surface area (Å²) in [5.74, 6) is -1.15. The number of nitrogens with zero attached hydrogens (tertiary/aromatic N) is 1. The maximum Gasteiger partial charge on any atom is 0.239 e. The number of hydrogen-bond donors (Lipinski definition) is 1. The first kappa shape index (κ1) is 22.9. The number of hydrogen-bond acceptors (Lipinski definition) is 4. The van der Waals surface area contributed by atoms with Crippen LogP contribution in [0.5, 0.6) is 0 Å². The number of nitrogens with one attached hydrogen (secondary N) is 1. The number of benzene rings is 3. The van der Waals surface area contributed by atoms with Crippen LogP contribution in [0.3, 0.4) is 0 Å². The van der Waals surface area contributed by atoms with Crippen LogP contribution in [0, 0.1) is 6.92 Å². The molecule has 1 amide bonds. The van der Waals surface area contributed by atoms with Crippen LogP contribution in [0.4, 0.5) is 0 Å². The quantitative estimate of drug-likeness (QED) is 0.531. The first-order valence-corrected chi connectivity index (χ1v) is 11.1. The molecule has 170 valence electrons. The highest BCUT2D eigenvalue weighted by Gasteiger charge is 2.35. The molecule has 34 heavy (non-hydrogen) atoms. The molecule has 0 spiro atoms. The van der Waals surface area contributed by atoms with E-state index in [1.165, 1.54) is 0 Å². The Morgan fingerprint density at radius 2 is 1.21 bits per heavy atom. The van der Waals surface area contributed by atoms with Gasteiger partial charge in [0.15, 0.2) is 11.6 Å². The highest BCUT2D eigenvalue weighted by molar-refractivity contribution is 6.15. The maximum atomic E-state index is 13.8. The Balaban J connectivity index is 1.90. The Hall–Kier alpha value is -4.25. The van der Waals surface area contributed by atoms with Gasteiger partial charge in [0.2, 0.25) is 5.91 Å². The van der Waals surface area contributed by atoms with Crippen LogP contribution in [0.1, 0.15) is 37.8 Å². The number of Topliss-reactive ketones (excluding diaryl/α,β-unsaturated/α-hetero) is 2. The van der Waals surface area contributed by atoms with Crippen LogP contribution in [0.15, 0.2) is 108 Å². The van der Waals surface area contributed by atoms with Crippen LogP contribution in [0.25, 0.3) is 0 Å². The number of likely N-dealkylation sites (N-methyl/N-ethyl adjacent to an activating group) is 1. The minimum Gasteiger partial charge on any atom is -0.358 e. The molecule has 0 atom stereocenters. The summed E-state index contributed by atoms with van der Waals surface area (Å²) in [6.45, 7) is 1.97. The summed E-state index contributed by atoms with van der Waals surface area (Å²) in [5, 5.41) is 2.61. The van der Waals surface area contributed by atoms with Crippen LogP contribution in [-0.2, 0) is 4.79 Å². The summed E-state index contributed by atoms with van der Waals surface area (Å²) in [4.78, 5) is 41.4. The molecule has 0 saturated carbocycles. The van der Waals surface area contributed by atoms with E-state index >= 15 is 0 Å². The lowest BCUT2D eigenvalue weighted by molar-refractivity contribution is -0.120. The van der Waals surface area contributed by atoms with Crippen molar-refractivity contribution >= 4 is 17.5 Å². The molecule has 1 heterocycles. The van der Waals surface area contributed by atoms with Gasteiger partial charge < -0.3 is 10.2 Å². The molecule has 5 heteroatoms. The average Bonchev–Trinajstić information content (AvgIpc) is 2.88. The molecule has 0 fully saturated rings. The molecule has 0 saturated heterocycles. The van der Waals surface area contributed by atoms with Crippen molar-refractivity contribution in [2.45, 2.75) is 12.8 Å². The Morgan fingerprint density at radius 1 is 0.735 bits per heavy atom. The Kier molecular flexibility index (Phi) is 6.83. The number of rotatable bonds is 7. The standard InChI is InChI=1S/C29H26N2O3/c1-20-11-9-10-16-23(20)27-24(28(33)21-12-5-3-6-13-21)17-31(19-26(32)30-2)18-25(27)29(34)22-14-7-4-8-15-22/h3-18,27H,19H2,1-2H3,(H,30,32). The van der Waals surface area contributed by atoms with Gasteiger partial charge in [0.05, 0.1) is 0 Å². The molecule has 1 aliphatic rings. The molecular weight excluding hydrogens is 424 g/mol. The second-order valence-corrected chi connectivity index (χ2v) is 8.19. The topological polar surface area (TPSA) is 66.5 Å². The van der Waals surface area contributed by atoms with Gasteiger partial charge >= 0.3 is 0 Å². The van der Waals surface area contributed by atoms with Gasteiger partial charge in [-0.05, 0) is 18.1 Å². The summed E-state index contributed by atoms with van der Waals surface area (Å²) in [6, 6.07) is 25.8. The summed E-state index contributed by atoms with van der Waals surface area (Å²) in [7, 11) is 1.56. The highest BCUT2D eigenvalue weighted by atomic mass is 16.2. The zero-order chi connectivity index (χ0) is 24.1. The molecule has 5 nitrogen and oxygen atoms in total. The zero-order valence-electron chi connectivity index (χ0n) is 19.2. The van der Waals surface area contributed by atoms with Crippen molar-refractivity contribution in [3.63, 3.8) is 0 Å². The number of ketones is 2. The van der Waals surface area contributed by atoms with E-state index in [1.54, 1.807) is 48.6 Å². The smallest absolute Gasteiger partial charge is 0.239 e. The summed E-state index contributed by atoms with van der Waals surface area (Å²) >= 11 is 0. The zero-order valence-corrected chi connectivity index (χ0v) is 19.2. The predicted molar refractivity (Wildman–Crippen MR) is 132 cm³/mol. The Morgan fingerprint density at radius 3 is 1.68 bits per heavy atom. The largest absolute Gasteiger partial charge is 0.358 e. The van der Waals surface area contributed by atoms with Crippen molar-refractivity contribution in [1.29, 1.82) is 0 Å². The lowest BCUT2D eigenvalue weighted by Gasteiger charge is -2.31. The first-order chi connectivity index (χ1) is 16.5. The summed E-state index contributed by atoms with van der Waals surface area (Å²) in [5.41, 5.74) is 3.82. The van der Waals surface area contributed by atoms with Crippen molar-refractivity contribution in [2.24, 2.45) is 0 Å². The van der Waals surface area contributed by atoms with E-state index in [4.69, 9.17) is 0 Å². The van der Waals surface area contributed by atoms with Crippen LogP contribution < -0.4 is 5.32 Å². The van der Waals surface area contributed by atoms with Crippen molar-refractivity contribution < 1.29 is 14.4 Å². The van der Waals surface area contributed by atoms with Crippen molar-refractivity contribution in [3.8, 4) is 0 Å². The van der Waals surface area contributed by atoms with Gasteiger partial charge in [-0.15, -0.1) is 0 Å². The second-order valence-electron chi connectivity index (χ2n) is 8.19. The molecule has 3 aromatic carbocycles. The van der Waals surface area contributed by atoms with E-state index in [-0.39, 0.29) is 24.0 Å². The fraction of sp³-hybridized carbons (Fsp3) is 0.138. The fourth-order valence-electron chi connectivity index (χ4n) is 4.18. The molecule has 1 aliphatic heterocycles. The van der Waals surface area contributed by atoms with Crippen LogP contribution >= 0.6 is 0 Å². The van der Waals surface area contributed by atoms with Crippen molar-refractivity contribution in [3.05, 3.63) is 131 Å². The van der Waals surface area contributed by atoms with Gasteiger partial charge in [-0.2, -0.15) is 0 Å². The molecule has 0 aromatic heterocycles. The predicted octanol–water partition coefficient (Wildman–Crippen LogP) is 4.67. The fourth-order valence-corrected chi connectivity index (χ4v) is 4.18. The molecular formula is C29H26N2O3. The summed E-state index contributed by atoms with van der Waals surface area (Å²) in [6.07, 6.45) is 3.40. The van der Waals surface area contributed by atoms with E-state index in [0.717, 1.165) is 11.1 Å². The second kappa shape index (κ2) is 10.1. The normalized spacial score (nSPS) is 13.6. The minimum atomic E-state index is -0.567. The van der Waals surface area contributed by atoms with Crippen LogP contribution in [0.2, 0.25) is 0 Å². The molecule has 0 bridgehead atoms. The number of allylic oxidation sites excluding steroid dienone is 2. The SMILES string of the molecule is CNC(=O)CN1C=C(C(=O)c2ccccc2)C(c2ccccc2C)C(C(=O)c2ccccc2)=C1. The third-order valence-electron chi connectivity index (χ3n) is 5.93. The number of carbonyl (C=O) groups excluding carboxylic acids is 3. The van der Waals surface area contributed by atoms with Gasteiger partial charge in [0.25, 0.3) is 0 Å². The first-order valence-electron chi connectivity index (χ1n) is 11.1. The third-order valence-corrected chi connectivity index (χ3v) is 5.93. The average molecular weight is 451 g/mol. The van der Waals surface area contributed by atoms with Gasteiger partial charge in [-0.25, -0.2) is 0 Å². The van der Waals surface area contributed by atoms with E-state index in [1.807, 2.05) is 67.6 Å². The Bertz CT molecular complexity index is 1210. The minimum absolute atomic E-state index is 0.00582. The number of aryl methyl sites for hydroxylation is 1. The Labute approximate surface area is 199 Å². The molecule has 1 N–H and O–H groups in total. The van der Waals surface area contributed by atoms with E-state index in [2.05, 4.69) is 5.32 Å². The lowest BCUT2D eigenvalue weighted by atomic mass is 9.76.